The monoisotopic (exact) mass is 226 g/mol. The van der Waals surface area contributed by atoms with Crippen LogP contribution in [0.4, 0.5) is 0 Å². The van der Waals surface area contributed by atoms with Crippen LogP contribution in [0, 0.1) is 0 Å². The highest BCUT2D eigenvalue weighted by atomic mass is 16.5. The van der Waals surface area contributed by atoms with Crippen molar-refractivity contribution in [2.24, 2.45) is 0 Å². The van der Waals surface area contributed by atoms with Gasteiger partial charge in [0.15, 0.2) is 5.65 Å². The van der Waals surface area contributed by atoms with Crippen molar-refractivity contribution in [3.8, 4) is 5.88 Å². The van der Waals surface area contributed by atoms with Crippen LogP contribution < -0.4 is 4.74 Å². The summed E-state index contributed by atoms with van der Waals surface area (Å²) in [5.74, 6) is 0.549. The van der Waals surface area contributed by atoms with E-state index in [1.54, 1.807) is 6.20 Å². The molecule has 2 heterocycles. The molecule has 0 bridgehead atoms. The number of fused-ring (bicyclic) bond motifs is 1. The Balaban J connectivity index is 1.84. The van der Waals surface area contributed by atoms with Crippen LogP contribution in [-0.2, 0) is 6.61 Å². The Labute approximate surface area is 97.5 Å². The van der Waals surface area contributed by atoms with Crippen molar-refractivity contribution in [3.63, 3.8) is 0 Å². The third-order valence-electron chi connectivity index (χ3n) is 2.43. The lowest BCUT2D eigenvalue weighted by atomic mass is 10.2. The van der Waals surface area contributed by atoms with Crippen molar-refractivity contribution in [2.45, 2.75) is 6.61 Å². The van der Waals surface area contributed by atoms with E-state index >= 15 is 0 Å². The first-order valence-electron chi connectivity index (χ1n) is 5.24. The van der Waals surface area contributed by atoms with Crippen molar-refractivity contribution in [1.82, 2.24) is 20.2 Å². The molecule has 0 aliphatic carbocycles. The van der Waals surface area contributed by atoms with Gasteiger partial charge in [0.2, 0.25) is 5.88 Å². The zero-order valence-corrected chi connectivity index (χ0v) is 9.00. The molecule has 0 fully saturated rings. The van der Waals surface area contributed by atoms with Crippen LogP contribution in [-0.4, -0.2) is 20.2 Å². The van der Waals surface area contributed by atoms with Crippen molar-refractivity contribution < 1.29 is 4.74 Å². The largest absolute Gasteiger partial charge is 0.472 e. The van der Waals surface area contributed by atoms with Gasteiger partial charge in [0.25, 0.3) is 0 Å². The molecule has 1 N–H and O–H groups in total. The van der Waals surface area contributed by atoms with Crippen LogP contribution in [0.1, 0.15) is 5.56 Å². The summed E-state index contributed by atoms with van der Waals surface area (Å²) in [6, 6.07) is 9.95. The molecule has 0 aliphatic heterocycles. The second-order valence-electron chi connectivity index (χ2n) is 3.59. The molecule has 1 aromatic carbocycles. The van der Waals surface area contributed by atoms with Gasteiger partial charge in [0, 0.05) is 0 Å². The standard InChI is InChI=1S/C12H10N4O/c1-2-4-9(5-3-1)7-17-12-10-6-15-16-11(10)13-8-14-12/h1-6,8H,7H2,(H,13,14,15,16). The van der Waals surface area contributed by atoms with Crippen LogP contribution in [0.5, 0.6) is 5.88 Å². The van der Waals surface area contributed by atoms with Crippen LogP contribution in [0.15, 0.2) is 42.9 Å². The van der Waals surface area contributed by atoms with Crippen molar-refractivity contribution >= 4 is 11.0 Å². The smallest absolute Gasteiger partial charge is 0.228 e. The number of ether oxygens (including phenoxy) is 1. The number of hydrogen-bond donors (Lipinski definition) is 1. The molecule has 0 aliphatic rings. The maximum atomic E-state index is 5.65. The number of H-pyrrole nitrogens is 1. The van der Waals surface area contributed by atoms with E-state index in [1.807, 2.05) is 30.3 Å². The second kappa shape index (κ2) is 4.21. The molecule has 5 nitrogen and oxygen atoms in total. The molecule has 0 saturated heterocycles. The molecular formula is C12H10N4O. The normalized spacial score (nSPS) is 10.6. The molecule has 0 amide bonds. The number of rotatable bonds is 3. The van der Waals surface area contributed by atoms with E-state index < -0.39 is 0 Å². The van der Waals surface area contributed by atoms with Gasteiger partial charge in [-0.2, -0.15) is 5.10 Å². The van der Waals surface area contributed by atoms with E-state index in [-0.39, 0.29) is 0 Å². The first kappa shape index (κ1) is 9.77. The van der Waals surface area contributed by atoms with Gasteiger partial charge in [-0.1, -0.05) is 30.3 Å². The second-order valence-corrected chi connectivity index (χ2v) is 3.59. The average Bonchev–Trinajstić information content (AvgIpc) is 2.86. The maximum absolute atomic E-state index is 5.65. The fourth-order valence-electron chi connectivity index (χ4n) is 1.58. The summed E-state index contributed by atoms with van der Waals surface area (Å²) in [6.45, 7) is 0.484. The molecule has 0 unspecified atom stereocenters. The molecule has 0 radical (unpaired) electrons. The molecule has 17 heavy (non-hydrogen) atoms. The molecule has 2 aromatic heterocycles. The number of aromatic nitrogens is 4. The molecular weight excluding hydrogens is 216 g/mol. The fourth-order valence-corrected chi connectivity index (χ4v) is 1.58. The lowest BCUT2D eigenvalue weighted by Gasteiger charge is -2.05. The number of hydrogen-bond acceptors (Lipinski definition) is 4. The molecule has 0 saturated carbocycles. The Morgan fingerprint density at radius 2 is 2.00 bits per heavy atom. The van der Waals surface area contributed by atoms with Gasteiger partial charge in [-0.05, 0) is 5.56 Å². The fraction of sp³-hybridized carbons (Fsp3) is 0.0833. The third kappa shape index (κ3) is 1.94. The summed E-state index contributed by atoms with van der Waals surface area (Å²) >= 11 is 0. The van der Waals surface area contributed by atoms with Gasteiger partial charge < -0.3 is 4.74 Å². The Kier molecular flexibility index (Phi) is 2.42. The highest BCUT2D eigenvalue weighted by molar-refractivity contribution is 5.78. The van der Waals surface area contributed by atoms with E-state index in [9.17, 15) is 0 Å². The quantitative estimate of drug-likeness (QED) is 0.741. The van der Waals surface area contributed by atoms with Crippen molar-refractivity contribution in [3.05, 3.63) is 48.4 Å². The zero-order valence-electron chi connectivity index (χ0n) is 9.00. The lowest BCUT2D eigenvalue weighted by Crippen LogP contribution is -1.97. The third-order valence-corrected chi connectivity index (χ3v) is 2.43. The minimum atomic E-state index is 0.484. The van der Waals surface area contributed by atoms with E-state index in [0.29, 0.717) is 18.1 Å². The van der Waals surface area contributed by atoms with Crippen molar-refractivity contribution in [1.29, 1.82) is 0 Å². The Bertz CT molecular complexity index is 620. The summed E-state index contributed by atoms with van der Waals surface area (Å²) in [6.07, 6.45) is 3.12. The number of benzene rings is 1. The zero-order chi connectivity index (χ0) is 11.5. The van der Waals surface area contributed by atoms with Gasteiger partial charge in [0.05, 0.1) is 6.20 Å². The summed E-state index contributed by atoms with van der Waals surface area (Å²) in [5, 5.41) is 7.48. The first-order valence-corrected chi connectivity index (χ1v) is 5.24. The Hall–Kier alpha value is -2.43. The number of nitrogens with zero attached hydrogens (tertiary/aromatic N) is 3. The van der Waals surface area contributed by atoms with Crippen LogP contribution in [0.3, 0.4) is 0 Å². The van der Waals surface area contributed by atoms with Crippen LogP contribution in [0.25, 0.3) is 11.0 Å². The summed E-state index contributed by atoms with van der Waals surface area (Å²) in [7, 11) is 0. The molecule has 5 heteroatoms. The molecule has 0 atom stereocenters. The highest BCUT2D eigenvalue weighted by Crippen LogP contribution is 2.19. The van der Waals surface area contributed by atoms with Gasteiger partial charge in [0.1, 0.15) is 18.3 Å². The van der Waals surface area contributed by atoms with E-state index in [1.165, 1.54) is 6.33 Å². The predicted octanol–water partition coefficient (Wildman–Crippen LogP) is 1.93. The minimum absolute atomic E-state index is 0.484. The topological polar surface area (TPSA) is 63.7 Å². The molecule has 0 spiro atoms. The molecule has 84 valence electrons. The van der Waals surface area contributed by atoms with Crippen LogP contribution >= 0.6 is 0 Å². The van der Waals surface area contributed by atoms with E-state index in [2.05, 4.69) is 20.2 Å². The molecule has 3 aromatic rings. The van der Waals surface area contributed by atoms with E-state index in [0.717, 1.165) is 10.9 Å². The van der Waals surface area contributed by atoms with Gasteiger partial charge >= 0.3 is 0 Å². The molecule has 3 rings (SSSR count). The van der Waals surface area contributed by atoms with Gasteiger partial charge in [-0.25, -0.2) is 9.97 Å². The number of aromatic amines is 1. The van der Waals surface area contributed by atoms with Crippen LogP contribution in [0.2, 0.25) is 0 Å². The summed E-state index contributed by atoms with van der Waals surface area (Å²) in [4.78, 5) is 8.15. The first-order chi connectivity index (χ1) is 8.43. The Morgan fingerprint density at radius 3 is 2.88 bits per heavy atom. The number of nitrogens with one attached hydrogen (secondary N) is 1. The van der Waals surface area contributed by atoms with E-state index in [4.69, 9.17) is 4.74 Å². The summed E-state index contributed by atoms with van der Waals surface area (Å²) in [5.41, 5.74) is 1.78. The van der Waals surface area contributed by atoms with Gasteiger partial charge in [-0.3, -0.25) is 5.10 Å². The lowest BCUT2D eigenvalue weighted by molar-refractivity contribution is 0.297. The Morgan fingerprint density at radius 1 is 1.12 bits per heavy atom. The summed E-state index contributed by atoms with van der Waals surface area (Å²) < 4.78 is 5.65. The maximum Gasteiger partial charge on any atom is 0.228 e. The highest BCUT2D eigenvalue weighted by Gasteiger charge is 2.06. The predicted molar refractivity (Wildman–Crippen MR) is 62.5 cm³/mol. The average molecular weight is 226 g/mol. The van der Waals surface area contributed by atoms with Gasteiger partial charge in [-0.15, -0.1) is 0 Å². The minimum Gasteiger partial charge on any atom is -0.472 e. The van der Waals surface area contributed by atoms with Crippen molar-refractivity contribution in [2.75, 3.05) is 0 Å². The SMILES string of the molecule is c1ccc(COc2ncnc3[nH]ncc23)cc1.